The van der Waals surface area contributed by atoms with E-state index < -0.39 is 0 Å². The summed E-state index contributed by atoms with van der Waals surface area (Å²) in [5, 5.41) is 21.5. The van der Waals surface area contributed by atoms with Crippen molar-refractivity contribution in [1.29, 1.82) is 0 Å². The normalized spacial score (nSPS) is 17.0. The van der Waals surface area contributed by atoms with Crippen molar-refractivity contribution in [2.24, 2.45) is 0 Å². The summed E-state index contributed by atoms with van der Waals surface area (Å²) in [6.45, 7) is 7.29. The smallest absolute Gasteiger partial charge is 0.189 e. The molecule has 1 fully saturated rings. The van der Waals surface area contributed by atoms with Crippen LogP contribution in [0.3, 0.4) is 0 Å². The number of likely N-dealkylation sites (tertiary alicyclic amines) is 1. The minimum Gasteiger partial charge on any atom is -0.467 e. The third kappa shape index (κ3) is 5.75. The lowest BCUT2D eigenvalue weighted by atomic mass is 10.0. The molecule has 8 heteroatoms. The molecule has 0 spiro atoms. The first kappa shape index (κ1) is 22.1. The van der Waals surface area contributed by atoms with Crippen LogP contribution in [0.15, 0.2) is 24.3 Å². The maximum atomic E-state index is 11.2. The Labute approximate surface area is 177 Å². The van der Waals surface area contributed by atoms with Crippen LogP contribution in [0.25, 0.3) is 11.3 Å². The first-order valence-corrected chi connectivity index (χ1v) is 10.4. The largest absolute Gasteiger partial charge is 0.467 e. The lowest BCUT2D eigenvalue weighted by Crippen LogP contribution is -2.43. The van der Waals surface area contributed by atoms with E-state index in [9.17, 15) is 9.90 Å². The number of nitrogens with zero attached hydrogens (tertiary/aromatic N) is 3. The molecule has 2 heterocycles. The Morgan fingerprint density at radius 1 is 1.33 bits per heavy atom. The van der Waals surface area contributed by atoms with Crippen molar-refractivity contribution in [3.05, 3.63) is 35.4 Å². The summed E-state index contributed by atoms with van der Waals surface area (Å²) >= 11 is 0. The van der Waals surface area contributed by atoms with E-state index >= 15 is 0 Å². The Hall–Kier alpha value is -2.55. The number of β-amino-alcohol motifs (C(OH)–C–C–N with tert-alkyl or cyclic N) is 1. The number of aldehydes is 1. The van der Waals surface area contributed by atoms with Gasteiger partial charge in [0.2, 0.25) is 0 Å². The van der Waals surface area contributed by atoms with Gasteiger partial charge < -0.3 is 19.9 Å². The number of carbonyl (C=O) groups is 1. The third-order valence-corrected chi connectivity index (χ3v) is 5.16. The van der Waals surface area contributed by atoms with Gasteiger partial charge in [-0.3, -0.25) is 9.69 Å². The molecule has 3 rings (SSSR count). The number of aliphatic hydroxyl groups excluding tert-OH is 1. The summed E-state index contributed by atoms with van der Waals surface area (Å²) in [5.74, 6) is 1.27. The molecule has 1 aliphatic rings. The molecule has 0 radical (unpaired) electrons. The van der Waals surface area contributed by atoms with E-state index in [1.807, 2.05) is 26.0 Å². The number of hydrogen-bond donors (Lipinski definition) is 2. The van der Waals surface area contributed by atoms with Crippen LogP contribution in [0.1, 0.15) is 35.7 Å². The summed E-state index contributed by atoms with van der Waals surface area (Å²) < 4.78 is 11.0. The number of ether oxygens (including phenoxy) is 2. The molecular weight excluding hydrogens is 384 g/mol. The molecule has 30 heavy (non-hydrogen) atoms. The van der Waals surface area contributed by atoms with Gasteiger partial charge >= 0.3 is 0 Å². The number of aryl methyl sites for hydroxylation is 1. The third-order valence-electron chi connectivity index (χ3n) is 5.16. The number of carbonyl (C=O) groups excluding carboxylic acids is 1. The average molecular weight is 415 g/mol. The molecule has 0 bridgehead atoms. The molecule has 2 N–H and O–H groups in total. The second-order valence-electron chi connectivity index (χ2n) is 7.40. The maximum Gasteiger partial charge on any atom is 0.189 e. The lowest BCUT2D eigenvalue weighted by molar-refractivity contribution is 0.0227. The summed E-state index contributed by atoms with van der Waals surface area (Å²) in [5.41, 5.74) is 2.95. The van der Waals surface area contributed by atoms with Crippen LogP contribution in [0.4, 0.5) is 5.82 Å². The van der Waals surface area contributed by atoms with E-state index in [0.717, 1.165) is 49.2 Å². The molecule has 1 saturated heterocycles. The van der Waals surface area contributed by atoms with Gasteiger partial charge in [0.15, 0.2) is 6.79 Å². The summed E-state index contributed by atoms with van der Waals surface area (Å²) in [6, 6.07) is 7.51. The highest BCUT2D eigenvalue weighted by Gasteiger charge is 2.20. The number of benzene rings is 1. The number of hydrogen-bond acceptors (Lipinski definition) is 8. The van der Waals surface area contributed by atoms with Crippen LogP contribution in [0, 0.1) is 6.92 Å². The Bertz CT molecular complexity index is 844. The van der Waals surface area contributed by atoms with Gasteiger partial charge in [0.05, 0.1) is 12.3 Å². The van der Waals surface area contributed by atoms with Crippen LogP contribution in [0.2, 0.25) is 0 Å². The zero-order chi connectivity index (χ0) is 21.3. The van der Waals surface area contributed by atoms with Gasteiger partial charge in [0.1, 0.15) is 17.9 Å². The molecule has 1 unspecified atom stereocenters. The Morgan fingerprint density at radius 2 is 2.20 bits per heavy atom. The fourth-order valence-electron chi connectivity index (χ4n) is 3.66. The van der Waals surface area contributed by atoms with Crippen molar-refractivity contribution in [1.82, 2.24) is 15.1 Å². The molecule has 162 valence electrons. The van der Waals surface area contributed by atoms with Crippen LogP contribution in [0.5, 0.6) is 5.75 Å². The van der Waals surface area contributed by atoms with Gasteiger partial charge in [-0.1, -0.05) is 6.07 Å². The number of piperidine rings is 1. The van der Waals surface area contributed by atoms with Crippen molar-refractivity contribution in [2.45, 2.75) is 32.7 Å². The van der Waals surface area contributed by atoms with Crippen molar-refractivity contribution in [3.63, 3.8) is 0 Å². The minimum absolute atomic E-state index is 0.101. The minimum atomic E-state index is 0.101. The van der Waals surface area contributed by atoms with E-state index in [1.165, 1.54) is 0 Å². The summed E-state index contributed by atoms with van der Waals surface area (Å²) in [4.78, 5) is 13.4. The number of aliphatic hydroxyl groups is 1. The predicted octanol–water partition coefficient (Wildman–Crippen LogP) is 2.51. The standard InChI is InChI=1S/C22H30N4O4/c1-3-29-15-30-20-12-17(14-28)6-7-19(20)22-16(2)11-21(24-25-22)23-18-5-4-8-26(13-18)9-10-27/h6-7,11-12,14,18,27H,3-5,8-10,13,15H2,1-2H3,(H,23,24). The highest BCUT2D eigenvalue weighted by atomic mass is 16.7. The first-order chi connectivity index (χ1) is 14.6. The van der Waals surface area contributed by atoms with Crippen LogP contribution in [-0.4, -0.2) is 72.2 Å². The molecule has 0 aliphatic carbocycles. The topological polar surface area (TPSA) is 96.8 Å². The maximum absolute atomic E-state index is 11.2. The van der Waals surface area contributed by atoms with Gasteiger partial charge in [0.25, 0.3) is 0 Å². The Kier molecular flexibility index (Phi) is 8.12. The quantitative estimate of drug-likeness (QED) is 0.348. The zero-order valence-electron chi connectivity index (χ0n) is 17.6. The Balaban J connectivity index is 1.77. The zero-order valence-corrected chi connectivity index (χ0v) is 17.6. The van der Waals surface area contributed by atoms with E-state index in [2.05, 4.69) is 20.4 Å². The van der Waals surface area contributed by atoms with Crippen molar-refractivity contribution >= 4 is 12.1 Å². The number of rotatable bonds is 10. The number of nitrogens with one attached hydrogen (secondary N) is 1. The molecule has 1 aromatic heterocycles. The SMILES string of the molecule is CCOCOc1cc(C=O)ccc1-c1nnc(NC2CCCN(CCO)C2)cc1C. The van der Waals surface area contributed by atoms with Crippen molar-refractivity contribution < 1.29 is 19.4 Å². The van der Waals surface area contributed by atoms with E-state index in [4.69, 9.17) is 9.47 Å². The summed E-state index contributed by atoms with van der Waals surface area (Å²) in [7, 11) is 0. The second kappa shape index (κ2) is 11.0. The highest BCUT2D eigenvalue weighted by molar-refractivity contribution is 5.80. The molecule has 8 nitrogen and oxygen atoms in total. The first-order valence-electron chi connectivity index (χ1n) is 10.4. The summed E-state index contributed by atoms with van der Waals surface area (Å²) in [6.07, 6.45) is 2.94. The van der Waals surface area contributed by atoms with Gasteiger partial charge in [-0.05, 0) is 57.0 Å². The molecule has 1 aliphatic heterocycles. The van der Waals surface area contributed by atoms with Crippen LogP contribution >= 0.6 is 0 Å². The van der Waals surface area contributed by atoms with Crippen molar-refractivity contribution in [3.8, 4) is 17.0 Å². The van der Waals surface area contributed by atoms with Crippen LogP contribution in [-0.2, 0) is 4.74 Å². The van der Waals surface area contributed by atoms with Gasteiger partial charge in [-0.25, -0.2) is 0 Å². The number of aromatic nitrogens is 2. The van der Waals surface area contributed by atoms with E-state index in [1.54, 1.807) is 12.1 Å². The molecular formula is C22H30N4O4. The van der Waals surface area contributed by atoms with E-state index in [-0.39, 0.29) is 19.4 Å². The highest BCUT2D eigenvalue weighted by Crippen LogP contribution is 2.32. The molecule has 0 amide bonds. The molecule has 1 atom stereocenters. The average Bonchev–Trinajstić information content (AvgIpc) is 2.75. The molecule has 0 saturated carbocycles. The Morgan fingerprint density at radius 3 is 2.93 bits per heavy atom. The fourth-order valence-corrected chi connectivity index (χ4v) is 3.66. The van der Waals surface area contributed by atoms with E-state index in [0.29, 0.717) is 30.2 Å². The predicted molar refractivity (Wildman–Crippen MR) is 115 cm³/mol. The van der Waals surface area contributed by atoms with Gasteiger partial charge in [0, 0.05) is 36.9 Å². The fraction of sp³-hybridized carbons (Fsp3) is 0.500. The van der Waals surface area contributed by atoms with Gasteiger partial charge in [-0.2, -0.15) is 0 Å². The number of anilines is 1. The van der Waals surface area contributed by atoms with Crippen molar-refractivity contribution in [2.75, 3.05) is 45.0 Å². The monoisotopic (exact) mass is 414 g/mol. The second-order valence-corrected chi connectivity index (χ2v) is 7.40. The van der Waals surface area contributed by atoms with Crippen LogP contribution < -0.4 is 10.1 Å². The molecule has 2 aromatic rings. The van der Waals surface area contributed by atoms with Gasteiger partial charge in [-0.15, -0.1) is 10.2 Å². The molecule has 1 aromatic carbocycles. The lowest BCUT2D eigenvalue weighted by Gasteiger charge is -2.32.